The molecule has 2 aromatic heterocycles. The van der Waals surface area contributed by atoms with Crippen LogP contribution in [0.3, 0.4) is 0 Å². The van der Waals surface area contributed by atoms with Crippen LogP contribution in [0.2, 0.25) is 0 Å². The quantitative estimate of drug-likeness (QED) is 0.764. The normalized spacial score (nSPS) is 10.8. The second-order valence-corrected chi connectivity index (χ2v) is 4.71. The summed E-state index contributed by atoms with van der Waals surface area (Å²) in [5, 5.41) is 7.84. The summed E-state index contributed by atoms with van der Waals surface area (Å²) < 4.78 is 1.63. The smallest absolute Gasteiger partial charge is 0.257 e. The number of anilines is 1. The third kappa shape index (κ3) is 2.48. The number of rotatable bonds is 3. The Labute approximate surface area is 121 Å². The predicted octanol–water partition coefficient (Wildman–Crippen LogP) is 1.68. The lowest BCUT2D eigenvalue weighted by Gasteiger charge is -2.06. The van der Waals surface area contributed by atoms with Gasteiger partial charge in [-0.3, -0.25) is 14.5 Å². The molecule has 0 aliphatic carbocycles. The number of hydrogen-bond donors (Lipinski definition) is 2. The SMILES string of the molecule is Cn1cc(CN)c(NC(=O)c2ccnc3ccccc23)n1. The minimum absolute atomic E-state index is 0.220. The van der Waals surface area contributed by atoms with Crippen molar-refractivity contribution in [3.8, 4) is 0 Å². The first-order valence-corrected chi connectivity index (χ1v) is 6.56. The van der Waals surface area contributed by atoms with E-state index in [4.69, 9.17) is 5.73 Å². The molecule has 3 rings (SSSR count). The molecule has 21 heavy (non-hydrogen) atoms. The largest absolute Gasteiger partial charge is 0.326 e. The average Bonchev–Trinajstić information content (AvgIpc) is 2.86. The van der Waals surface area contributed by atoms with Gasteiger partial charge in [-0.2, -0.15) is 5.10 Å². The standard InChI is InChI=1S/C15H15N5O/c1-20-9-10(8-16)14(19-20)18-15(21)12-6-7-17-13-5-3-2-4-11(12)13/h2-7,9H,8,16H2,1H3,(H,18,19,21). The van der Waals surface area contributed by atoms with Crippen LogP contribution in [0, 0.1) is 0 Å². The molecular formula is C15H15N5O. The maximum atomic E-state index is 12.5. The van der Waals surface area contributed by atoms with Gasteiger partial charge in [0.05, 0.1) is 11.1 Å². The molecule has 0 atom stereocenters. The van der Waals surface area contributed by atoms with E-state index in [0.29, 0.717) is 17.9 Å². The van der Waals surface area contributed by atoms with Crippen LogP contribution in [0.15, 0.2) is 42.7 Å². The number of fused-ring (bicyclic) bond motifs is 1. The molecule has 0 radical (unpaired) electrons. The third-order valence-electron chi connectivity index (χ3n) is 3.25. The number of aromatic nitrogens is 3. The molecule has 3 N–H and O–H groups in total. The molecule has 0 fully saturated rings. The van der Waals surface area contributed by atoms with Gasteiger partial charge in [0.15, 0.2) is 5.82 Å². The monoisotopic (exact) mass is 281 g/mol. The van der Waals surface area contributed by atoms with Gasteiger partial charge in [0.1, 0.15) is 0 Å². The fourth-order valence-corrected chi connectivity index (χ4v) is 2.26. The molecule has 1 amide bonds. The maximum absolute atomic E-state index is 12.5. The predicted molar refractivity (Wildman–Crippen MR) is 80.8 cm³/mol. The van der Waals surface area contributed by atoms with Gasteiger partial charge in [0.25, 0.3) is 5.91 Å². The lowest BCUT2D eigenvalue weighted by Crippen LogP contribution is -2.15. The number of nitrogens with one attached hydrogen (secondary N) is 1. The van der Waals surface area contributed by atoms with Crippen LogP contribution < -0.4 is 11.1 Å². The van der Waals surface area contributed by atoms with Crippen molar-refractivity contribution in [1.82, 2.24) is 14.8 Å². The van der Waals surface area contributed by atoms with E-state index >= 15 is 0 Å². The second-order valence-electron chi connectivity index (χ2n) is 4.71. The molecule has 0 aliphatic rings. The van der Waals surface area contributed by atoms with E-state index in [-0.39, 0.29) is 5.91 Å². The Kier molecular flexibility index (Phi) is 3.37. The fraction of sp³-hybridized carbons (Fsp3) is 0.133. The fourth-order valence-electron chi connectivity index (χ4n) is 2.26. The van der Waals surface area contributed by atoms with Gasteiger partial charge in [-0.1, -0.05) is 18.2 Å². The van der Waals surface area contributed by atoms with Crippen LogP contribution in [-0.4, -0.2) is 20.7 Å². The first kappa shape index (κ1) is 13.3. The summed E-state index contributed by atoms with van der Waals surface area (Å²) in [4.78, 5) is 16.7. The van der Waals surface area contributed by atoms with E-state index in [9.17, 15) is 4.79 Å². The van der Waals surface area contributed by atoms with Gasteiger partial charge in [-0.05, 0) is 12.1 Å². The summed E-state index contributed by atoms with van der Waals surface area (Å²) in [6.07, 6.45) is 3.42. The highest BCUT2D eigenvalue weighted by Crippen LogP contribution is 2.18. The Morgan fingerprint density at radius 1 is 1.33 bits per heavy atom. The van der Waals surface area contributed by atoms with E-state index in [1.54, 1.807) is 30.2 Å². The molecule has 3 aromatic rings. The van der Waals surface area contributed by atoms with Gasteiger partial charge in [0, 0.05) is 36.9 Å². The highest BCUT2D eigenvalue weighted by Gasteiger charge is 2.14. The number of para-hydroxylation sites is 1. The van der Waals surface area contributed by atoms with Crippen molar-refractivity contribution in [2.24, 2.45) is 12.8 Å². The second kappa shape index (κ2) is 5.34. The molecule has 0 bridgehead atoms. The van der Waals surface area contributed by atoms with E-state index in [2.05, 4.69) is 15.4 Å². The van der Waals surface area contributed by atoms with Crippen LogP contribution in [0.25, 0.3) is 10.9 Å². The molecule has 0 aliphatic heterocycles. The Morgan fingerprint density at radius 3 is 2.95 bits per heavy atom. The Morgan fingerprint density at radius 2 is 2.14 bits per heavy atom. The molecule has 0 saturated heterocycles. The van der Waals surface area contributed by atoms with Gasteiger partial charge in [-0.25, -0.2) is 0 Å². The summed E-state index contributed by atoms with van der Waals surface area (Å²) in [6.45, 7) is 0.320. The summed E-state index contributed by atoms with van der Waals surface area (Å²) in [5.41, 5.74) is 7.80. The maximum Gasteiger partial charge on any atom is 0.257 e. The van der Waals surface area contributed by atoms with Gasteiger partial charge < -0.3 is 11.1 Å². The van der Waals surface area contributed by atoms with E-state index < -0.39 is 0 Å². The number of carbonyl (C=O) groups excluding carboxylic acids is 1. The number of pyridine rings is 1. The van der Waals surface area contributed by atoms with Crippen molar-refractivity contribution in [3.63, 3.8) is 0 Å². The number of nitrogens with two attached hydrogens (primary N) is 1. The molecule has 0 unspecified atom stereocenters. The zero-order valence-electron chi connectivity index (χ0n) is 11.6. The zero-order valence-corrected chi connectivity index (χ0v) is 11.6. The minimum atomic E-state index is -0.220. The highest BCUT2D eigenvalue weighted by molar-refractivity contribution is 6.12. The van der Waals surface area contributed by atoms with E-state index in [1.807, 2.05) is 24.3 Å². The molecule has 6 heteroatoms. The minimum Gasteiger partial charge on any atom is -0.326 e. The van der Waals surface area contributed by atoms with Crippen molar-refractivity contribution in [3.05, 3.63) is 53.9 Å². The number of aryl methyl sites for hydroxylation is 1. The highest BCUT2D eigenvalue weighted by atomic mass is 16.1. The van der Waals surface area contributed by atoms with Gasteiger partial charge in [-0.15, -0.1) is 0 Å². The van der Waals surface area contributed by atoms with Crippen LogP contribution >= 0.6 is 0 Å². The number of amides is 1. The first-order chi connectivity index (χ1) is 10.2. The average molecular weight is 281 g/mol. The molecular weight excluding hydrogens is 266 g/mol. The van der Waals surface area contributed by atoms with E-state index in [1.165, 1.54) is 0 Å². The van der Waals surface area contributed by atoms with Crippen LogP contribution in [0.1, 0.15) is 15.9 Å². The Bertz CT molecular complexity index is 803. The summed E-state index contributed by atoms with van der Waals surface area (Å²) in [6, 6.07) is 9.22. The summed E-state index contributed by atoms with van der Waals surface area (Å²) in [5.74, 6) is 0.271. The third-order valence-corrected chi connectivity index (χ3v) is 3.25. The van der Waals surface area contributed by atoms with Crippen molar-refractivity contribution in [1.29, 1.82) is 0 Å². The number of hydrogen-bond acceptors (Lipinski definition) is 4. The Balaban J connectivity index is 1.97. The lowest BCUT2D eigenvalue weighted by molar-refractivity contribution is 0.102. The summed E-state index contributed by atoms with van der Waals surface area (Å²) in [7, 11) is 1.79. The molecule has 0 saturated carbocycles. The number of benzene rings is 1. The molecule has 106 valence electrons. The zero-order chi connectivity index (χ0) is 14.8. The van der Waals surface area contributed by atoms with Crippen LogP contribution in [-0.2, 0) is 13.6 Å². The van der Waals surface area contributed by atoms with Crippen molar-refractivity contribution < 1.29 is 4.79 Å². The molecule has 6 nitrogen and oxygen atoms in total. The first-order valence-electron chi connectivity index (χ1n) is 6.56. The van der Waals surface area contributed by atoms with Crippen molar-refractivity contribution in [2.75, 3.05) is 5.32 Å². The van der Waals surface area contributed by atoms with Crippen molar-refractivity contribution in [2.45, 2.75) is 6.54 Å². The van der Waals surface area contributed by atoms with Crippen molar-refractivity contribution >= 4 is 22.6 Å². The lowest BCUT2D eigenvalue weighted by atomic mass is 10.1. The summed E-state index contributed by atoms with van der Waals surface area (Å²) >= 11 is 0. The van der Waals surface area contributed by atoms with Gasteiger partial charge in [0.2, 0.25) is 0 Å². The molecule has 2 heterocycles. The number of carbonyl (C=O) groups is 1. The topological polar surface area (TPSA) is 85.8 Å². The van der Waals surface area contributed by atoms with Gasteiger partial charge >= 0.3 is 0 Å². The van der Waals surface area contributed by atoms with Crippen LogP contribution in [0.4, 0.5) is 5.82 Å². The molecule has 0 spiro atoms. The Hall–Kier alpha value is -2.73. The van der Waals surface area contributed by atoms with Crippen LogP contribution in [0.5, 0.6) is 0 Å². The molecule has 1 aromatic carbocycles. The number of nitrogens with zero attached hydrogens (tertiary/aromatic N) is 3. The van der Waals surface area contributed by atoms with E-state index in [0.717, 1.165) is 16.5 Å².